The summed E-state index contributed by atoms with van der Waals surface area (Å²) in [6, 6.07) is 15.5. The largest absolute Gasteiger partial charge is 0.325 e. The maximum atomic E-state index is 12.0. The minimum atomic E-state index is -0.251. The van der Waals surface area contributed by atoms with Gasteiger partial charge < -0.3 is 5.32 Å². The predicted molar refractivity (Wildman–Crippen MR) is 79.7 cm³/mol. The van der Waals surface area contributed by atoms with Crippen LogP contribution in [-0.2, 0) is 11.2 Å². The lowest BCUT2D eigenvalue weighted by Crippen LogP contribution is -2.15. The minimum Gasteiger partial charge on any atom is -0.325 e. The fourth-order valence-corrected chi connectivity index (χ4v) is 1.97. The molecule has 1 N–H and O–H groups in total. The molecule has 0 spiro atoms. The number of amides is 1. The van der Waals surface area contributed by atoms with Gasteiger partial charge in [-0.25, -0.2) is 0 Å². The third-order valence-electron chi connectivity index (χ3n) is 2.82. The number of halogens is 1. The summed E-state index contributed by atoms with van der Waals surface area (Å²) in [5.41, 5.74) is 2.07. The third kappa shape index (κ3) is 3.82. The Labute approximate surface area is 127 Å². The molecule has 0 aliphatic heterocycles. The van der Waals surface area contributed by atoms with Gasteiger partial charge in [-0.1, -0.05) is 23.7 Å². The van der Waals surface area contributed by atoms with E-state index in [1.807, 2.05) is 12.1 Å². The second-order valence-electron chi connectivity index (χ2n) is 4.34. The number of hydrogen-bond donors (Lipinski definition) is 1. The van der Waals surface area contributed by atoms with E-state index in [2.05, 4.69) is 5.32 Å². The quantitative estimate of drug-likeness (QED) is 0.944. The fourth-order valence-electron chi connectivity index (χ4n) is 1.79. The molecule has 2 aromatic rings. The van der Waals surface area contributed by atoms with Gasteiger partial charge in [0.2, 0.25) is 5.91 Å². The fraction of sp³-hybridized carbons (Fsp3) is 0.0625. The number of nitrogens with one attached hydrogen (secondary N) is 1. The first-order valence-corrected chi connectivity index (χ1v) is 6.48. The van der Waals surface area contributed by atoms with Crippen LogP contribution in [0.2, 0.25) is 5.02 Å². The van der Waals surface area contributed by atoms with E-state index >= 15 is 0 Å². The first kappa shape index (κ1) is 14.6. The van der Waals surface area contributed by atoms with Gasteiger partial charge in [-0.05, 0) is 35.9 Å². The first-order chi connectivity index (χ1) is 10.1. The molecule has 0 atom stereocenters. The molecule has 102 valence electrons. The van der Waals surface area contributed by atoms with Gasteiger partial charge in [0.15, 0.2) is 0 Å². The van der Waals surface area contributed by atoms with E-state index in [0.29, 0.717) is 21.8 Å². The van der Waals surface area contributed by atoms with Gasteiger partial charge in [-0.3, -0.25) is 4.79 Å². The third-order valence-corrected chi connectivity index (χ3v) is 3.06. The van der Waals surface area contributed by atoms with E-state index in [1.165, 1.54) is 6.07 Å². The molecule has 21 heavy (non-hydrogen) atoms. The molecule has 0 saturated heterocycles. The molecule has 0 aliphatic rings. The van der Waals surface area contributed by atoms with Crippen molar-refractivity contribution < 1.29 is 4.79 Å². The normalized spacial score (nSPS) is 9.48. The number of nitriles is 2. The van der Waals surface area contributed by atoms with E-state index in [1.54, 1.807) is 36.4 Å². The van der Waals surface area contributed by atoms with Gasteiger partial charge in [0.1, 0.15) is 6.07 Å². The van der Waals surface area contributed by atoms with E-state index in [0.717, 1.165) is 5.56 Å². The maximum absolute atomic E-state index is 12.0. The van der Waals surface area contributed by atoms with Crippen LogP contribution in [-0.4, -0.2) is 5.91 Å². The molecule has 0 bridgehead atoms. The van der Waals surface area contributed by atoms with Crippen LogP contribution >= 0.6 is 11.6 Å². The SMILES string of the molecule is N#Cc1ccc(CC(=O)Nc2cc(Cl)ccc2C#N)cc1. The standard InChI is InChI=1S/C16H10ClN3O/c17-14-6-5-13(10-19)15(8-14)20-16(21)7-11-1-3-12(9-18)4-2-11/h1-6,8H,7H2,(H,20,21). The lowest BCUT2D eigenvalue weighted by Gasteiger charge is -2.07. The monoisotopic (exact) mass is 295 g/mol. The number of carbonyl (C=O) groups is 1. The van der Waals surface area contributed by atoms with E-state index in [-0.39, 0.29) is 12.3 Å². The average molecular weight is 296 g/mol. The van der Waals surface area contributed by atoms with Crippen molar-refractivity contribution in [1.29, 1.82) is 10.5 Å². The summed E-state index contributed by atoms with van der Waals surface area (Å²) in [4.78, 5) is 12.0. The molecule has 0 heterocycles. The van der Waals surface area contributed by atoms with E-state index < -0.39 is 0 Å². The van der Waals surface area contributed by atoms with Crippen molar-refractivity contribution in [2.24, 2.45) is 0 Å². The second kappa shape index (κ2) is 6.56. The Morgan fingerprint density at radius 3 is 2.43 bits per heavy atom. The van der Waals surface area contributed by atoms with E-state index in [9.17, 15) is 4.79 Å². The van der Waals surface area contributed by atoms with Crippen LogP contribution in [0.25, 0.3) is 0 Å². The lowest BCUT2D eigenvalue weighted by molar-refractivity contribution is -0.115. The molecular formula is C16H10ClN3O. The minimum absolute atomic E-state index is 0.156. The summed E-state index contributed by atoms with van der Waals surface area (Å²) in [7, 11) is 0. The number of nitrogens with zero attached hydrogens (tertiary/aromatic N) is 2. The number of carbonyl (C=O) groups excluding carboxylic acids is 1. The Balaban J connectivity index is 2.10. The van der Waals surface area contributed by atoms with Crippen LogP contribution in [0.3, 0.4) is 0 Å². The highest BCUT2D eigenvalue weighted by Crippen LogP contribution is 2.20. The number of benzene rings is 2. The van der Waals surface area contributed by atoms with Gasteiger partial charge in [0, 0.05) is 5.02 Å². The molecule has 5 heteroatoms. The topological polar surface area (TPSA) is 76.7 Å². The summed E-state index contributed by atoms with van der Waals surface area (Å²) in [6.45, 7) is 0. The van der Waals surface area contributed by atoms with Crippen LogP contribution in [0.4, 0.5) is 5.69 Å². The molecule has 0 fully saturated rings. The Kier molecular flexibility index (Phi) is 4.56. The van der Waals surface area contributed by atoms with Crippen LogP contribution in [0, 0.1) is 22.7 Å². The van der Waals surface area contributed by atoms with Gasteiger partial charge >= 0.3 is 0 Å². The van der Waals surface area contributed by atoms with Crippen molar-refractivity contribution in [2.45, 2.75) is 6.42 Å². The van der Waals surface area contributed by atoms with Crippen molar-refractivity contribution >= 4 is 23.2 Å². The highest BCUT2D eigenvalue weighted by Gasteiger charge is 2.08. The number of rotatable bonds is 3. The Bertz CT molecular complexity index is 755. The molecular weight excluding hydrogens is 286 g/mol. The van der Waals surface area contributed by atoms with Gasteiger partial charge in [0.05, 0.1) is 29.3 Å². The first-order valence-electron chi connectivity index (χ1n) is 6.11. The summed E-state index contributed by atoms with van der Waals surface area (Å²) in [5, 5.41) is 20.8. The smallest absolute Gasteiger partial charge is 0.228 e. The highest BCUT2D eigenvalue weighted by atomic mass is 35.5. The van der Waals surface area contributed by atoms with Crippen molar-refractivity contribution in [1.82, 2.24) is 0 Å². The second-order valence-corrected chi connectivity index (χ2v) is 4.77. The van der Waals surface area contributed by atoms with E-state index in [4.69, 9.17) is 22.1 Å². The van der Waals surface area contributed by atoms with Crippen molar-refractivity contribution in [3.05, 3.63) is 64.2 Å². The van der Waals surface area contributed by atoms with Crippen molar-refractivity contribution in [2.75, 3.05) is 5.32 Å². The lowest BCUT2D eigenvalue weighted by atomic mass is 10.1. The highest BCUT2D eigenvalue weighted by molar-refractivity contribution is 6.31. The zero-order chi connectivity index (χ0) is 15.2. The zero-order valence-corrected chi connectivity index (χ0v) is 11.7. The number of hydrogen-bond acceptors (Lipinski definition) is 3. The zero-order valence-electron chi connectivity index (χ0n) is 10.9. The molecule has 0 saturated carbocycles. The molecule has 2 rings (SSSR count). The Hall–Kier alpha value is -2.82. The molecule has 2 aromatic carbocycles. The molecule has 0 radical (unpaired) electrons. The molecule has 1 amide bonds. The summed E-state index contributed by atoms with van der Waals surface area (Å²) >= 11 is 5.86. The molecule has 0 unspecified atom stereocenters. The Morgan fingerprint density at radius 1 is 1.10 bits per heavy atom. The van der Waals surface area contributed by atoms with Crippen molar-refractivity contribution in [3.63, 3.8) is 0 Å². The molecule has 4 nitrogen and oxygen atoms in total. The van der Waals surface area contributed by atoms with Crippen LogP contribution in [0.1, 0.15) is 16.7 Å². The summed E-state index contributed by atoms with van der Waals surface area (Å²) in [5.74, 6) is -0.251. The number of anilines is 1. The maximum Gasteiger partial charge on any atom is 0.228 e. The Morgan fingerprint density at radius 2 is 1.81 bits per heavy atom. The summed E-state index contributed by atoms with van der Waals surface area (Å²) in [6.07, 6.45) is 0.156. The van der Waals surface area contributed by atoms with Gasteiger partial charge in [-0.2, -0.15) is 10.5 Å². The van der Waals surface area contributed by atoms with Crippen molar-refractivity contribution in [3.8, 4) is 12.1 Å². The molecule has 0 aromatic heterocycles. The predicted octanol–water partition coefficient (Wildman–Crippen LogP) is 3.26. The van der Waals surface area contributed by atoms with Crippen LogP contribution in [0.5, 0.6) is 0 Å². The summed E-state index contributed by atoms with van der Waals surface area (Å²) < 4.78 is 0. The van der Waals surface area contributed by atoms with Crippen LogP contribution in [0.15, 0.2) is 42.5 Å². The van der Waals surface area contributed by atoms with Gasteiger partial charge in [0.25, 0.3) is 0 Å². The molecule has 0 aliphatic carbocycles. The van der Waals surface area contributed by atoms with Crippen LogP contribution < -0.4 is 5.32 Å². The van der Waals surface area contributed by atoms with Gasteiger partial charge in [-0.15, -0.1) is 0 Å². The average Bonchev–Trinajstić information content (AvgIpc) is 2.48.